The second kappa shape index (κ2) is 18.2. The van der Waals surface area contributed by atoms with Gasteiger partial charge in [0, 0.05) is 16.9 Å². The first-order chi connectivity index (χ1) is 33.9. The predicted molar refractivity (Wildman–Crippen MR) is 264 cm³/mol. The van der Waals surface area contributed by atoms with Gasteiger partial charge in [-0.05, 0) is 113 Å². The molecule has 0 spiro atoms. The number of nitrogens with two attached hydrogens (primary N) is 2. The van der Waals surface area contributed by atoms with Gasteiger partial charge >= 0.3 is 0 Å². The van der Waals surface area contributed by atoms with Crippen molar-refractivity contribution in [2.75, 3.05) is 27.7 Å². The summed E-state index contributed by atoms with van der Waals surface area (Å²) in [7, 11) is -25.2. The molecule has 73 heavy (non-hydrogen) atoms. The zero-order chi connectivity index (χ0) is 53.3. The standard InChI is InChI=1S/C42H30N8O18S5/c43-30-17-27(69(54,55)56)12-22-15-33(72(63,64)65)38(41(52)35(22)30)49-46-25-7-3-20(4-8-25)19-1-5-24(6-2-19)45-48-37-32(71(60,61)62)14-21-11-26(9-10-29(21)40(37)51)47-50-39-34(73(66,67)68)16-23-13-28(70(57,58)59)18-31(44)36(23)42(39)53/h1-18,45-47H,43-44H2,(H,54,55,56)(H,57,58,59)(H,60,61,62)(H,63,64,65)(H,66,67,68). The van der Waals surface area contributed by atoms with Crippen LogP contribution in [-0.2, 0) is 50.6 Å². The predicted octanol–water partition coefficient (Wildman–Crippen LogP) is 3.69. The molecule has 0 saturated heterocycles. The number of hydrazone groups is 3. The number of carbonyl (C=O) groups excluding carboxylic acids is 3. The Kier molecular flexibility index (Phi) is 12.8. The van der Waals surface area contributed by atoms with E-state index in [9.17, 15) is 79.2 Å². The molecule has 0 unspecified atom stereocenters. The zero-order valence-electron chi connectivity index (χ0n) is 36.0. The molecule has 5 aromatic rings. The van der Waals surface area contributed by atoms with Crippen LogP contribution in [0.3, 0.4) is 0 Å². The molecule has 26 nitrogen and oxygen atoms in total. The molecular weight excluding hydrogens is 1060 g/mol. The number of hydrogen-bond donors (Lipinski definition) is 10. The average molecular weight is 1100 g/mol. The van der Waals surface area contributed by atoms with Crippen LogP contribution < -0.4 is 27.7 Å². The van der Waals surface area contributed by atoms with Gasteiger partial charge in [0.1, 0.15) is 14.7 Å². The van der Waals surface area contributed by atoms with Crippen molar-refractivity contribution in [3.63, 3.8) is 0 Å². The fourth-order valence-corrected chi connectivity index (χ4v) is 10.5. The highest BCUT2D eigenvalue weighted by atomic mass is 32.2. The summed E-state index contributed by atoms with van der Waals surface area (Å²) >= 11 is 0. The van der Waals surface area contributed by atoms with Crippen LogP contribution in [0, 0.1) is 0 Å². The largest absolute Gasteiger partial charge is 0.398 e. The van der Waals surface area contributed by atoms with Crippen molar-refractivity contribution >= 4 is 132 Å². The van der Waals surface area contributed by atoms with E-state index in [-0.39, 0.29) is 44.9 Å². The van der Waals surface area contributed by atoms with Gasteiger partial charge in [-0.25, -0.2) is 0 Å². The summed E-state index contributed by atoms with van der Waals surface area (Å²) in [6.07, 6.45) is 2.36. The second-order valence-electron chi connectivity index (χ2n) is 15.5. The number of benzene rings is 5. The lowest BCUT2D eigenvalue weighted by molar-refractivity contribution is 0.105. The number of nitrogens with zero attached hydrogens (tertiary/aromatic N) is 3. The van der Waals surface area contributed by atoms with Crippen LogP contribution in [0.4, 0.5) is 28.4 Å². The Morgan fingerprint density at radius 1 is 0.384 bits per heavy atom. The molecule has 5 aromatic carbocycles. The van der Waals surface area contributed by atoms with E-state index in [2.05, 4.69) is 31.6 Å². The van der Waals surface area contributed by atoms with E-state index in [1.165, 1.54) is 36.4 Å². The van der Waals surface area contributed by atoms with E-state index < -0.39 is 127 Å². The van der Waals surface area contributed by atoms with Crippen LogP contribution in [0.25, 0.3) is 29.4 Å². The summed E-state index contributed by atoms with van der Waals surface area (Å²) in [4.78, 5) is 36.0. The van der Waals surface area contributed by atoms with Crippen molar-refractivity contribution in [2.24, 2.45) is 15.3 Å². The van der Waals surface area contributed by atoms with E-state index in [4.69, 9.17) is 11.5 Å². The maximum atomic E-state index is 13.7. The van der Waals surface area contributed by atoms with Gasteiger partial charge in [-0.15, -0.1) is 0 Å². The Morgan fingerprint density at radius 3 is 1.07 bits per heavy atom. The van der Waals surface area contributed by atoms with Crippen LogP contribution in [0.2, 0.25) is 0 Å². The summed E-state index contributed by atoms with van der Waals surface area (Å²) in [6, 6.07) is 19.0. The number of nitrogen functional groups attached to an aromatic ring is 2. The normalized spacial score (nSPS) is 16.8. The van der Waals surface area contributed by atoms with Crippen molar-refractivity contribution in [1.82, 2.24) is 0 Å². The fourth-order valence-electron chi connectivity index (χ4n) is 7.40. The zero-order valence-corrected chi connectivity index (χ0v) is 40.1. The molecule has 0 fully saturated rings. The van der Waals surface area contributed by atoms with Crippen molar-refractivity contribution < 1.29 is 79.2 Å². The van der Waals surface area contributed by atoms with Crippen molar-refractivity contribution in [1.29, 1.82) is 0 Å². The molecule has 3 aliphatic carbocycles. The van der Waals surface area contributed by atoms with E-state index >= 15 is 0 Å². The summed E-state index contributed by atoms with van der Waals surface area (Å²) in [6.45, 7) is 0. The minimum Gasteiger partial charge on any atom is -0.398 e. The molecule has 0 saturated carbocycles. The first-order valence-electron chi connectivity index (χ1n) is 19.8. The first-order valence-corrected chi connectivity index (χ1v) is 27.0. The molecule has 376 valence electrons. The molecule has 0 amide bonds. The van der Waals surface area contributed by atoms with Crippen LogP contribution in [0.5, 0.6) is 0 Å². The molecule has 31 heteroatoms. The number of anilines is 5. The van der Waals surface area contributed by atoms with Crippen molar-refractivity contribution in [2.45, 2.75) is 9.79 Å². The second-order valence-corrected chi connectivity index (χ2v) is 22.5. The number of ketones is 3. The van der Waals surface area contributed by atoms with Crippen LogP contribution in [-0.4, -0.2) is 99.3 Å². The van der Waals surface area contributed by atoms with E-state index in [0.717, 1.165) is 42.5 Å². The third-order valence-corrected chi connectivity index (χ3v) is 15.0. The Hall–Kier alpha value is -8.11. The molecule has 0 radical (unpaired) electrons. The van der Waals surface area contributed by atoms with Crippen LogP contribution >= 0.6 is 0 Å². The number of allylic oxidation sites excluding steroid dienone is 3. The summed E-state index contributed by atoms with van der Waals surface area (Å²) < 4.78 is 170. The number of hydrogen-bond acceptors (Lipinski definition) is 21. The van der Waals surface area contributed by atoms with Crippen LogP contribution in [0.1, 0.15) is 47.8 Å². The lowest BCUT2D eigenvalue weighted by Crippen LogP contribution is -2.28. The molecule has 12 N–H and O–H groups in total. The Morgan fingerprint density at radius 2 is 0.712 bits per heavy atom. The van der Waals surface area contributed by atoms with Crippen molar-refractivity contribution in [3.05, 3.63) is 139 Å². The van der Waals surface area contributed by atoms with Gasteiger partial charge in [0.15, 0.2) is 17.1 Å². The highest BCUT2D eigenvalue weighted by molar-refractivity contribution is 7.92. The van der Waals surface area contributed by atoms with Gasteiger partial charge in [-0.3, -0.25) is 53.4 Å². The van der Waals surface area contributed by atoms with Gasteiger partial charge in [-0.2, -0.15) is 57.4 Å². The topological polar surface area (TPSA) is 448 Å². The molecule has 8 rings (SSSR count). The van der Waals surface area contributed by atoms with E-state index in [1.54, 1.807) is 24.3 Å². The Balaban J connectivity index is 0.989. The maximum Gasteiger partial charge on any atom is 0.296 e. The molecule has 0 aromatic heterocycles. The molecule has 0 heterocycles. The van der Waals surface area contributed by atoms with Gasteiger partial charge in [0.2, 0.25) is 17.3 Å². The number of Topliss-reactive ketones (excluding diaryl/α,β-unsaturated/α-hetero) is 3. The number of fused-ring (bicyclic) bond motifs is 3. The van der Waals surface area contributed by atoms with Gasteiger partial charge < -0.3 is 11.5 Å². The molecule has 3 aliphatic rings. The molecule has 0 atom stereocenters. The van der Waals surface area contributed by atoms with Gasteiger partial charge in [0.25, 0.3) is 50.6 Å². The van der Waals surface area contributed by atoms with Crippen molar-refractivity contribution in [3.8, 4) is 11.1 Å². The summed E-state index contributed by atoms with van der Waals surface area (Å²) in [5.41, 5.74) is 15.7. The number of carbonyl (C=O) groups is 3. The lowest BCUT2D eigenvalue weighted by Gasteiger charge is -2.19. The van der Waals surface area contributed by atoms with Gasteiger partial charge in [-0.1, -0.05) is 24.3 Å². The summed E-state index contributed by atoms with van der Waals surface area (Å²) in [5, 5.41) is 11.6. The maximum absolute atomic E-state index is 13.7. The molecule has 0 bridgehead atoms. The Bertz CT molecular complexity index is 4130. The number of rotatable bonds is 12. The first kappa shape index (κ1) is 51.3. The minimum atomic E-state index is -5.23. The fraction of sp³-hybridized carbons (Fsp3) is 0. The van der Waals surface area contributed by atoms with E-state index in [0.29, 0.717) is 17.2 Å². The SMILES string of the molecule is Nc1cc(S(=O)(=O)O)cc2c1C(=O)C(=NNc1ccc(-c3ccc(NN=C4C(=O)c5ccc(NN=C6C(=O)c7c(N)cc(S(=O)(=O)O)cc7C=C6S(=O)(=O)O)cc5C=C4S(=O)(=O)O)cc3)cc1)C(S(=O)(=O)O)=C2. The lowest BCUT2D eigenvalue weighted by atomic mass is 9.93. The third-order valence-electron chi connectivity index (χ3n) is 10.7. The van der Waals surface area contributed by atoms with Crippen LogP contribution in [0.15, 0.2) is 131 Å². The molecular formula is C42H30N8O18S5. The Labute approximate surface area is 412 Å². The quantitative estimate of drug-likeness (QED) is 0.0484. The average Bonchev–Trinajstić information content (AvgIpc) is 3.28. The molecule has 0 aliphatic heterocycles. The smallest absolute Gasteiger partial charge is 0.296 e. The monoisotopic (exact) mass is 1090 g/mol. The minimum absolute atomic E-state index is 0.0884. The van der Waals surface area contributed by atoms with Gasteiger partial charge in [0.05, 0.1) is 38.0 Å². The number of nitrogens with one attached hydrogen (secondary N) is 3. The summed E-state index contributed by atoms with van der Waals surface area (Å²) in [5.74, 6) is -3.27. The highest BCUT2D eigenvalue weighted by Crippen LogP contribution is 2.35. The third kappa shape index (κ3) is 10.3. The highest BCUT2D eigenvalue weighted by Gasteiger charge is 2.38. The van der Waals surface area contributed by atoms with E-state index in [1.807, 2.05) is 0 Å².